The van der Waals surface area contributed by atoms with Crippen molar-refractivity contribution in [1.82, 2.24) is 10.3 Å². The molecule has 0 bridgehead atoms. The van der Waals surface area contributed by atoms with E-state index in [4.69, 9.17) is 5.73 Å². The number of pyridine rings is 1. The SMILES string of the molecule is CCCCCCC(C)NC(=O)c1cncc(C#CCN)c1. The van der Waals surface area contributed by atoms with Crippen LogP contribution in [0.2, 0.25) is 0 Å². The van der Waals surface area contributed by atoms with Gasteiger partial charge in [0.2, 0.25) is 0 Å². The number of aromatic nitrogens is 1. The topological polar surface area (TPSA) is 68.0 Å². The predicted octanol–water partition coefficient (Wildman–Crippen LogP) is 2.48. The van der Waals surface area contributed by atoms with Crippen molar-refractivity contribution in [2.75, 3.05) is 6.54 Å². The maximum absolute atomic E-state index is 12.1. The largest absolute Gasteiger partial charge is 0.350 e. The van der Waals surface area contributed by atoms with E-state index in [-0.39, 0.29) is 11.9 Å². The average Bonchev–Trinajstić information content (AvgIpc) is 2.50. The van der Waals surface area contributed by atoms with Crippen molar-refractivity contribution < 1.29 is 4.79 Å². The van der Waals surface area contributed by atoms with E-state index in [0.717, 1.165) is 12.8 Å². The summed E-state index contributed by atoms with van der Waals surface area (Å²) in [6.07, 6.45) is 9.06. The fraction of sp³-hybridized carbons (Fsp3) is 0.529. The molecule has 0 aliphatic heterocycles. The fourth-order valence-electron chi connectivity index (χ4n) is 2.04. The number of rotatable bonds is 7. The highest BCUT2D eigenvalue weighted by Gasteiger charge is 2.10. The quantitative estimate of drug-likeness (QED) is 0.598. The van der Waals surface area contributed by atoms with E-state index in [1.165, 1.54) is 19.3 Å². The molecule has 4 nitrogen and oxygen atoms in total. The second-order valence-corrected chi connectivity index (χ2v) is 5.19. The first-order valence-electron chi connectivity index (χ1n) is 7.62. The maximum Gasteiger partial charge on any atom is 0.253 e. The monoisotopic (exact) mass is 287 g/mol. The van der Waals surface area contributed by atoms with E-state index in [1.807, 2.05) is 6.92 Å². The summed E-state index contributed by atoms with van der Waals surface area (Å²) in [7, 11) is 0. The van der Waals surface area contributed by atoms with Gasteiger partial charge < -0.3 is 11.1 Å². The molecule has 0 spiro atoms. The van der Waals surface area contributed by atoms with Gasteiger partial charge in [0.25, 0.3) is 5.91 Å². The van der Waals surface area contributed by atoms with E-state index >= 15 is 0 Å². The summed E-state index contributed by atoms with van der Waals surface area (Å²) in [5, 5.41) is 3.00. The van der Waals surface area contributed by atoms with Crippen LogP contribution in [0.3, 0.4) is 0 Å². The Kier molecular flexibility index (Phi) is 8.15. The van der Waals surface area contributed by atoms with Gasteiger partial charge in [0.1, 0.15) is 0 Å². The number of carbonyl (C=O) groups excluding carboxylic acids is 1. The van der Waals surface area contributed by atoms with Gasteiger partial charge in [-0.1, -0.05) is 44.4 Å². The predicted molar refractivity (Wildman–Crippen MR) is 85.9 cm³/mol. The molecule has 3 N–H and O–H groups in total. The van der Waals surface area contributed by atoms with E-state index in [2.05, 4.69) is 29.1 Å². The third-order valence-corrected chi connectivity index (χ3v) is 3.20. The minimum Gasteiger partial charge on any atom is -0.350 e. The second kappa shape index (κ2) is 9.95. The summed E-state index contributed by atoms with van der Waals surface area (Å²) >= 11 is 0. The first-order valence-corrected chi connectivity index (χ1v) is 7.62. The minimum absolute atomic E-state index is 0.0955. The fourth-order valence-corrected chi connectivity index (χ4v) is 2.04. The molecule has 1 amide bonds. The molecule has 114 valence electrons. The van der Waals surface area contributed by atoms with Gasteiger partial charge in [-0.15, -0.1) is 0 Å². The van der Waals surface area contributed by atoms with Crippen LogP contribution in [-0.4, -0.2) is 23.5 Å². The standard InChI is InChI=1S/C17H25N3O/c1-3-4-5-6-8-14(2)20-17(21)16-11-15(9-7-10-18)12-19-13-16/h11-14H,3-6,8,10,18H2,1-2H3,(H,20,21). The zero-order chi connectivity index (χ0) is 15.5. The summed E-state index contributed by atoms with van der Waals surface area (Å²) in [6.45, 7) is 4.53. The highest BCUT2D eigenvalue weighted by atomic mass is 16.1. The van der Waals surface area contributed by atoms with Crippen LogP contribution in [0, 0.1) is 11.8 Å². The van der Waals surface area contributed by atoms with E-state index in [9.17, 15) is 4.79 Å². The number of hydrogen-bond donors (Lipinski definition) is 2. The Bertz CT molecular complexity index is 502. The molecule has 0 aliphatic rings. The van der Waals surface area contributed by atoms with Crippen molar-refractivity contribution in [1.29, 1.82) is 0 Å². The van der Waals surface area contributed by atoms with Gasteiger partial charge >= 0.3 is 0 Å². The summed E-state index contributed by atoms with van der Waals surface area (Å²) < 4.78 is 0. The lowest BCUT2D eigenvalue weighted by molar-refractivity contribution is 0.0937. The first kappa shape index (κ1) is 17.2. The zero-order valence-corrected chi connectivity index (χ0v) is 13.0. The van der Waals surface area contributed by atoms with Gasteiger partial charge in [0.05, 0.1) is 12.1 Å². The van der Waals surface area contributed by atoms with Crippen molar-refractivity contribution in [3.05, 3.63) is 29.6 Å². The van der Waals surface area contributed by atoms with Gasteiger partial charge in [0.15, 0.2) is 0 Å². The third-order valence-electron chi connectivity index (χ3n) is 3.20. The molecule has 1 rings (SSSR count). The minimum atomic E-state index is -0.0955. The Morgan fingerprint density at radius 2 is 2.19 bits per heavy atom. The Balaban J connectivity index is 2.51. The Labute approximate surface area is 127 Å². The van der Waals surface area contributed by atoms with E-state index in [0.29, 0.717) is 17.7 Å². The molecular formula is C17H25N3O. The lowest BCUT2D eigenvalue weighted by Crippen LogP contribution is -2.32. The van der Waals surface area contributed by atoms with Gasteiger partial charge in [-0.05, 0) is 19.4 Å². The number of carbonyl (C=O) groups is 1. The summed E-state index contributed by atoms with van der Waals surface area (Å²) in [5.41, 5.74) is 6.59. The normalized spacial score (nSPS) is 11.4. The molecule has 0 radical (unpaired) electrons. The van der Waals surface area contributed by atoms with E-state index in [1.54, 1.807) is 18.5 Å². The Morgan fingerprint density at radius 3 is 2.90 bits per heavy atom. The molecular weight excluding hydrogens is 262 g/mol. The first-order chi connectivity index (χ1) is 10.2. The lowest BCUT2D eigenvalue weighted by atomic mass is 10.1. The summed E-state index contributed by atoms with van der Waals surface area (Å²) in [4.78, 5) is 16.2. The molecule has 0 aromatic carbocycles. The lowest BCUT2D eigenvalue weighted by Gasteiger charge is -2.13. The molecule has 1 heterocycles. The maximum atomic E-state index is 12.1. The Hall–Kier alpha value is -1.86. The molecule has 4 heteroatoms. The molecule has 1 unspecified atom stereocenters. The number of hydrogen-bond acceptors (Lipinski definition) is 3. The molecule has 0 saturated carbocycles. The van der Waals surface area contributed by atoms with Gasteiger partial charge in [0, 0.05) is 24.0 Å². The molecule has 1 aromatic rings. The summed E-state index contributed by atoms with van der Waals surface area (Å²) in [5.74, 6) is 5.55. The van der Waals surface area contributed by atoms with Crippen LogP contribution in [0.25, 0.3) is 0 Å². The summed E-state index contributed by atoms with van der Waals surface area (Å²) in [6, 6.07) is 1.92. The second-order valence-electron chi connectivity index (χ2n) is 5.19. The van der Waals surface area contributed by atoms with E-state index < -0.39 is 0 Å². The molecule has 21 heavy (non-hydrogen) atoms. The molecule has 0 fully saturated rings. The van der Waals surface area contributed by atoms with Gasteiger partial charge in [-0.2, -0.15) is 0 Å². The van der Waals surface area contributed by atoms with Crippen molar-refractivity contribution in [3.63, 3.8) is 0 Å². The molecule has 1 aromatic heterocycles. The number of unbranched alkanes of at least 4 members (excludes halogenated alkanes) is 3. The average molecular weight is 287 g/mol. The number of nitrogens with one attached hydrogen (secondary N) is 1. The smallest absolute Gasteiger partial charge is 0.253 e. The van der Waals surface area contributed by atoms with Crippen molar-refractivity contribution in [3.8, 4) is 11.8 Å². The van der Waals surface area contributed by atoms with Crippen LogP contribution in [-0.2, 0) is 0 Å². The van der Waals surface area contributed by atoms with Crippen LogP contribution in [0.1, 0.15) is 61.9 Å². The van der Waals surface area contributed by atoms with Crippen LogP contribution in [0.15, 0.2) is 18.5 Å². The van der Waals surface area contributed by atoms with Crippen LogP contribution in [0.5, 0.6) is 0 Å². The van der Waals surface area contributed by atoms with Gasteiger partial charge in [-0.25, -0.2) is 0 Å². The molecule has 0 aliphatic carbocycles. The Morgan fingerprint density at radius 1 is 1.38 bits per heavy atom. The van der Waals surface area contributed by atoms with Gasteiger partial charge in [-0.3, -0.25) is 9.78 Å². The van der Waals surface area contributed by atoms with Crippen molar-refractivity contribution in [2.24, 2.45) is 5.73 Å². The number of amides is 1. The van der Waals surface area contributed by atoms with Crippen LogP contribution in [0.4, 0.5) is 0 Å². The van der Waals surface area contributed by atoms with Crippen LogP contribution >= 0.6 is 0 Å². The van der Waals surface area contributed by atoms with Crippen molar-refractivity contribution in [2.45, 2.75) is 52.0 Å². The molecule has 1 atom stereocenters. The number of nitrogens with two attached hydrogens (primary N) is 1. The highest BCUT2D eigenvalue weighted by molar-refractivity contribution is 5.94. The highest BCUT2D eigenvalue weighted by Crippen LogP contribution is 2.07. The van der Waals surface area contributed by atoms with Crippen molar-refractivity contribution >= 4 is 5.91 Å². The number of nitrogens with zero attached hydrogens (tertiary/aromatic N) is 1. The molecule has 0 saturated heterocycles. The third kappa shape index (κ3) is 6.92. The van der Waals surface area contributed by atoms with Crippen LogP contribution < -0.4 is 11.1 Å². The zero-order valence-electron chi connectivity index (χ0n) is 13.0.